The van der Waals surface area contributed by atoms with E-state index in [2.05, 4.69) is 13.0 Å². The fourth-order valence-electron chi connectivity index (χ4n) is 4.67. The van der Waals surface area contributed by atoms with Gasteiger partial charge in [-0.15, -0.1) is 0 Å². The smallest absolute Gasteiger partial charge is 0.260 e. The topological polar surface area (TPSA) is 79.8 Å². The van der Waals surface area contributed by atoms with Gasteiger partial charge in [0.2, 0.25) is 10.0 Å². The van der Waals surface area contributed by atoms with E-state index < -0.39 is 10.0 Å². The molecule has 2 heterocycles. The highest BCUT2D eigenvalue weighted by Gasteiger charge is 2.27. The molecule has 1 saturated heterocycles. The fourth-order valence-corrected chi connectivity index (χ4v) is 6.88. The van der Waals surface area contributed by atoms with Crippen LogP contribution in [-0.2, 0) is 27.7 Å². The Bertz CT molecular complexity index is 1510. The summed E-state index contributed by atoms with van der Waals surface area (Å²) in [5, 5.41) is 0.614. The second kappa shape index (κ2) is 11.3. The molecule has 0 spiro atoms. The molecular formula is C29H31N3O4S2. The zero-order chi connectivity index (χ0) is 26.7. The predicted octanol–water partition coefficient (Wildman–Crippen LogP) is 5.51. The summed E-state index contributed by atoms with van der Waals surface area (Å²) < 4.78 is 34.2. The van der Waals surface area contributed by atoms with E-state index in [9.17, 15) is 13.2 Å². The summed E-state index contributed by atoms with van der Waals surface area (Å²) in [5.74, 6) is -0.234. The van der Waals surface area contributed by atoms with E-state index in [1.807, 2.05) is 42.5 Å². The number of anilines is 1. The highest BCUT2D eigenvalue weighted by molar-refractivity contribution is 7.89. The first-order valence-corrected chi connectivity index (χ1v) is 15.0. The van der Waals surface area contributed by atoms with Gasteiger partial charge in [-0.1, -0.05) is 60.7 Å². The SMILES string of the molecule is CCc1cccc2sc(N(Cc3ccccc3)C(=O)c3ccc(S(=O)(=O)N(C)CC4CCCO4)cc3)nc12. The van der Waals surface area contributed by atoms with E-state index in [0.717, 1.165) is 40.6 Å². The predicted molar refractivity (Wildman–Crippen MR) is 151 cm³/mol. The lowest BCUT2D eigenvalue weighted by atomic mass is 10.1. The number of hydrogen-bond donors (Lipinski definition) is 0. The number of likely N-dealkylation sites (N-methyl/N-ethyl adjacent to an activating group) is 1. The summed E-state index contributed by atoms with van der Waals surface area (Å²) >= 11 is 1.48. The maximum absolute atomic E-state index is 13.8. The Morgan fingerprint density at radius 2 is 1.82 bits per heavy atom. The fraction of sp³-hybridized carbons (Fsp3) is 0.310. The molecule has 1 aliphatic heterocycles. The van der Waals surface area contributed by atoms with Crippen molar-refractivity contribution in [1.29, 1.82) is 0 Å². The Labute approximate surface area is 227 Å². The van der Waals surface area contributed by atoms with Crippen LogP contribution < -0.4 is 4.90 Å². The molecule has 0 saturated carbocycles. The molecule has 0 radical (unpaired) electrons. The average Bonchev–Trinajstić information content (AvgIpc) is 3.62. The Kier molecular flexibility index (Phi) is 7.90. The molecule has 0 aliphatic carbocycles. The van der Waals surface area contributed by atoms with Crippen LogP contribution in [0.2, 0.25) is 0 Å². The molecular weight excluding hydrogens is 518 g/mol. The highest BCUT2D eigenvalue weighted by atomic mass is 32.2. The lowest BCUT2D eigenvalue weighted by Gasteiger charge is -2.22. The van der Waals surface area contributed by atoms with Crippen LogP contribution in [0.4, 0.5) is 5.13 Å². The van der Waals surface area contributed by atoms with E-state index in [1.165, 1.54) is 27.8 Å². The Balaban J connectivity index is 1.44. The minimum atomic E-state index is -3.70. The van der Waals surface area contributed by atoms with Gasteiger partial charge in [0.1, 0.15) is 0 Å². The van der Waals surface area contributed by atoms with E-state index in [1.54, 1.807) is 24.1 Å². The van der Waals surface area contributed by atoms with Crippen LogP contribution in [0.1, 0.15) is 41.3 Å². The van der Waals surface area contributed by atoms with Crippen LogP contribution in [0.25, 0.3) is 10.2 Å². The van der Waals surface area contributed by atoms with Crippen LogP contribution in [0.5, 0.6) is 0 Å². The van der Waals surface area contributed by atoms with Crippen LogP contribution in [0, 0.1) is 0 Å². The van der Waals surface area contributed by atoms with Crippen molar-refractivity contribution < 1.29 is 17.9 Å². The van der Waals surface area contributed by atoms with Gasteiger partial charge in [-0.3, -0.25) is 9.69 Å². The first kappa shape index (κ1) is 26.5. The van der Waals surface area contributed by atoms with E-state index in [4.69, 9.17) is 9.72 Å². The molecule has 38 heavy (non-hydrogen) atoms. The van der Waals surface area contributed by atoms with Crippen molar-refractivity contribution >= 4 is 42.6 Å². The third-order valence-electron chi connectivity index (χ3n) is 6.83. The number of fused-ring (bicyclic) bond motifs is 1. The van der Waals surface area contributed by atoms with E-state index in [-0.39, 0.29) is 16.9 Å². The average molecular weight is 550 g/mol. The molecule has 1 aromatic heterocycles. The molecule has 0 N–H and O–H groups in total. The number of carbonyl (C=O) groups is 1. The summed E-state index contributed by atoms with van der Waals surface area (Å²) in [5.41, 5.74) is 3.43. The largest absolute Gasteiger partial charge is 0.377 e. The van der Waals surface area contributed by atoms with Gasteiger partial charge in [0, 0.05) is 25.8 Å². The van der Waals surface area contributed by atoms with Crippen molar-refractivity contribution in [3.63, 3.8) is 0 Å². The molecule has 5 rings (SSSR count). The quantitative estimate of drug-likeness (QED) is 0.275. The van der Waals surface area contributed by atoms with Crippen LogP contribution in [0.3, 0.4) is 0 Å². The number of hydrogen-bond acceptors (Lipinski definition) is 6. The molecule has 3 aromatic carbocycles. The maximum Gasteiger partial charge on any atom is 0.260 e. The van der Waals surface area contributed by atoms with Gasteiger partial charge in [0.05, 0.1) is 27.8 Å². The van der Waals surface area contributed by atoms with Gasteiger partial charge in [-0.25, -0.2) is 13.4 Å². The number of amides is 1. The van der Waals surface area contributed by atoms with Crippen molar-refractivity contribution in [2.24, 2.45) is 0 Å². The number of nitrogens with zero attached hydrogens (tertiary/aromatic N) is 3. The molecule has 1 unspecified atom stereocenters. The van der Waals surface area contributed by atoms with Crippen molar-refractivity contribution in [3.8, 4) is 0 Å². The Morgan fingerprint density at radius 3 is 2.50 bits per heavy atom. The van der Waals surface area contributed by atoms with Gasteiger partial charge >= 0.3 is 0 Å². The minimum Gasteiger partial charge on any atom is -0.377 e. The number of aromatic nitrogens is 1. The number of benzene rings is 3. The molecule has 0 bridgehead atoms. The monoisotopic (exact) mass is 549 g/mol. The molecule has 1 atom stereocenters. The zero-order valence-electron chi connectivity index (χ0n) is 21.5. The molecule has 198 valence electrons. The number of rotatable bonds is 9. The molecule has 1 amide bonds. The van der Waals surface area contributed by atoms with Gasteiger partial charge in [-0.05, 0) is 60.7 Å². The first-order valence-electron chi connectivity index (χ1n) is 12.8. The van der Waals surface area contributed by atoms with Crippen molar-refractivity contribution in [2.45, 2.75) is 43.7 Å². The molecule has 9 heteroatoms. The lowest BCUT2D eigenvalue weighted by Crippen LogP contribution is -2.34. The van der Waals surface area contributed by atoms with Gasteiger partial charge in [-0.2, -0.15) is 4.31 Å². The third kappa shape index (κ3) is 5.51. The summed E-state index contributed by atoms with van der Waals surface area (Å²) in [6.07, 6.45) is 2.58. The lowest BCUT2D eigenvalue weighted by molar-refractivity contribution is 0.0978. The third-order valence-corrected chi connectivity index (χ3v) is 9.71. The molecule has 1 fully saturated rings. The Hall–Kier alpha value is -3.11. The van der Waals surface area contributed by atoms with E-state index in [0.29, 0.717) is 30.4 Å². The number of ether oxygens (including phenoxy) is 1. The standard InChI is InChI=1S/C29H31N3O4S2/c1-3-22-11-7-13-26-27(22)30-29(37-26)32(19-21-9-5-4-6-10-21)28(33)23-14-16-25(17-15-23)38(34,35)31(2)20-24-12-8-18-36-24/h4-7,9-11,13-17,24H,3,8,12,18-20H2,1-2H3. The molecule has 4 aromatic rings. The zero-order valence-corrected chi connectivity index (χ0v) is 23.2. The van der Waals surface area contributed by atoms with Crippen molar-refractivity contribution in [3.05, 3.63) is 89.5 Å². The minimum absolute atomic E-state index is 0.0794. The van der Waals surface area contributed by atoms with Gasteiger partial charge in [0.15, 0.2) is 5.13 Å². The maximum atomic E-state index is 13.8. The summed E-state index contributed by atoms with van der Waals surface area (Å²) in [6.45, 7) is 3.42. The highest BCUT2D eigenvalue weighted by Crippen LogP contribution is 2.33. The summed E-state index contributed by atoms with van der Waals surface area (Å²) in [6, 6.07) is 22.0. The summed E-state index contributed by atoms with van der Waals surface area (Å²) in [7, 11) is -2.13. The first-order chi connectivity index (χ1) is 18.4. The van der Waals surface area contributed by atoms with Gasteiger partial charge < -0.3 is 4.74 Å². The Morgan fingerprint density at radius 1 is 1.05 bits per heavy atom. The van der Waals surface area contributed by atoms with Crippen LogP contribution in [0.15, 0.2) is 77.7 Å². The van der Waals surface area contributed by atoms with E-state index >= 15 is 0 Å². The molecule has 1 aliphatic rings. The molecule has 7 nitrogen and oxygen atoms in total. The second-order valence-electron chi connectivity index (χ2n) is 9.44. The van der Waals surface area contributed by atoms with Crippen LogP contribution >= 0.6 is 11.3 Å². The van der Waals surface area contributed by atoms with Crippen molar-refractivity contribution in [2.75, 3.05) is 25.1 Å². The number of carbonyl (C=O) groups excluding carboxylic acids is 1. The van der Waals surface area contributed by atoms with Gasteiger partial charge in [0.25, 0.3) is 5.91 Å². The normalized spacial score (nSPS) is 15.8. The van der Waals surface area contributed by atoms with Crippen LogP contribution in [-0.4, -0.2) is 49.9 Å². The number of sulfonamides is 1. The number of thiazole rings is 1. The summed E-state index contributed by atoms with van der Waals surface area (Å²) in [4.78, 5) is 20.5. The second-order valence-corrected chi connectivity index (χ2v) is 12.5. The number of para-hydroxylation sites is 1. The van der Waals surface area contributed by atoms with Crippen molar-refractivity contribution in [1.82, 2.24) is 9.29 Å². The number of aryl methyl sites for hydroxylation is 1.